The van der Waals surface area contributed by atoms with Gasteiger partial charge in [0.05, 0.1) is 16.6 Å². The lowest BCUT2D eigenvalue weighted by Gasteiger charge is -1.93. The number of aromatic nitrogens is 2. The summed E-state index contributed by atoms with van der Waals surface area (Å²) in [5.41, 5.74) is 1.75. The van der Waals surface area contributed by atoms with E-state index in [0.29, 0.717) is 5.95 Å². The molecular weight excluding hydrogens is 194 g/mol. The number of benzene rings is 1. The van der Waals surface area contributed by atoms with Gasteiger partial charge < -0.3 is 15.4 Å². The number of nitrogens with one attached hydrogen (secondary N) is 2. The van der Waals surface area contributed by atoms with Crippen LogP contribution in [0.2, 0.25) is 0 Å². The molecule has 0 radical (unpaired) electrons. The Morgan fingerprint density at radius 1 is 1.60 bits per heavy atom. The van der Waals surface area contributed by atoms with Crippen LogP contribution in [-0.4, -0.2) is 27.6 Å². The lowest BCUT2D eigenvalue weighted by Crippen LogP contribution is -1.97. The molecule has 0 aliphatic carbocycles. The van der Waals surface area contributed by atoms with Crippen LogP contribution in [0.5, 0.6) is 0 Å². The van der Waals surface area contributed by atoms with Crippen molar-refractivity contribution < 1.29 is 9.90 Å². The molecule has 5 nitrogen and oxygen atoms in total. The molecule has 5 heteroatoms. The maximum absolute atomic E-state index is 10.7. The Morgan fingerprint density at radius 2 is 2.40 bits per heavy atom. The minimum atomic E-state index is -0.934. The van der Waals surface area contributed by atoms with E-state index in [0.717, 1.165) is 17.6 Å². The average molecular weight is 205 g/mol. The number of aromatic amines is 1. The number of nitrogens with zero attached hydrogens (tertiary/aromatic N) is 1. The van der Waals surface area contributed by atoms with Gasteiger partial charge in [0, 0.05) is 6.54 Å². The molecule has 0 saturated carbocycles. The zero-order chi connectivity index (χ0) is 10.8. The summed E-state index contributed by atoms with van der Waals surface area (Å²) in [6, 6.07) is 4.81. The second-order valence-electron chi connectivity index (χ2n) is 3.15. The van der Waals surface area contributed by atoms with Gasteiger partial charge >= 0.3 is 5.97 Å². The van der Waals surface area contributed by atoms with Crippen molar-refractivity contribution in [2.45, 2.75) is 6.92 Å². The van der Waals surface area contributed by atoms with Crippen molar-refractivity contribution in [1.29, 1.82) is 0 Å². The predicted molar refractivity (Wildman–Crippen MR) is 57.2 cm³/mol. The molecule has 0 amide bonds. The molecule has 2 rings (SSSR count). The Bertz CT molecular complexity index is 504. The van der Waals surface area contributed by atoms with E-state index in [4.69, 9.17) is 5.11 Å². The van der Waals surface area contributed by atoms with E-state index < -0.39 is 5.97 Å². The van der Waals surface area contributed by atoms with E-state index in [9.17, 15) is 4.79 Å². The Morgan fingerprint density at radius 3 is 3.07 bits per heavy atom. The topological polar surface area (TPSA) is 78.0 Å². The third kappa shape index (κ3) is 1.76. The number of carboxylic acids is 1. The van der Waals surface area contributed by atoms with Crippen LogP contribution in [-0.2, 0) is 0 Å². The Hall–Kier alpha value is -2.04. The lowest BCUT2D eigenvalue weighted by atomic mass is 10.2. The van der Waals surface area contributed by atoms with Crippen molar-refractivity contribution in [3.8, 4) is 0 Å². The van der Waals surface area contributed by atoms with Crippen LogP contribution in [0.3, 0.4) is 0 Å². The number of aromatic carboxylic acids is 1. The maximum atomic E-state index is 10.7. The number of fused-ring (bicyclic) bond motifs is 1. The average Bonchev–Trinajstić information content (AvgIpc) is 2.59. The van der Waals surface area contributed by atoms with Crippen molar-refractivity contribution in [2.24, 2.45) is 0 Å². The number of anilines is 1. The highest BCUT2D eigenvalue weighted by atomic mass is 16.4. The van der Waals surface area contributed by atoms with Crippen LogP contribution in [0, 0.1) is 0 Å². The molecule has 78 valence electrons. The summed E-state index contributed by atoms with van der Waals surface area (Å²) in [5, 5.41) is 11.8. The van der Waals surface area contributed by atoms with Crippen LogP contribution in [0.15, 0.2) is 18.2 Å². The number of rotatable bonds is 3. The van der Waals surface area contributed by atoms with Crippen LogP contribution >= 0.6 is 0 Å². The Balaban J connectivity index is 2.47. The minimum Gasteiger partial charge on any atom is -0.478 e. The maximum Gasteiger partial charge on any atom is 0.335 e. The van der Waals surface area contributed by atoms with Gasteiger partial charge in [0.25, 0.3) is 0 Å². The minimum absolute atomic E-state index is 0.259. The van der Waals surface area contributed by atoms with Gasteiger partial charge in [-0.2, -0.15) is 0 Å². The zero-order valence-electron chi connectivity index (χ0n) is 8.24. The quantitative estimate of drug-likeness (QED) is 0.712. The summed E-state index contributed by atoms with van der Waals surface area (Å²) in [4.78, 5) is 18.0. The molecule has 0 atom stereocenters. The Labute approximate surface area is 86.1 Å². The number of carbonyl (C=O) groups is 1. The van der Waals surface area contributed by atoms with Crippen molar-refractivity contribution in [2.75, 3.05) is 11.9 Å². The van der Waals surface area contributed by atoms with E-state index in [2.05, 4.69) is 15.3 Å². The smallest absolute Gasteiger partial charge is 0.335 e. The van der Waals surface area contributed by atoms with Gasteiger partial charge in [-0.05, 0) is 25.1 Å². The molecule has 0 spiro atoms. The number of imidazole rings is 1. The van der Waals surface area contributed by atoms with E-state index >= 15 is 0 Å². The van der Waals surface area contributed by atoms with Crippen molar-refractivity contribution in [1.82, 2.24) is 9.97 Å². The van der Waals surface area contributed by atoms with E-state index in [1.165, 1.54) is 0 Å². The van der Waals surface area contributed by atoms with E-state index in [-0.39, 0.29) is 5.56 Å². The fraction of sp³-hybridized carbons (Fsp3) is 0.200. The number of hydrogen-bond acceptors (Lipinski definition) is 3. The highest BCUT2D eigenvalue weighted by molar-refractivity contribution is 5.92. The van der Waals surface area contributed by atoms with E-state index in [1.807, 2.05) is 6.92 Å². The zero-order valence-corrected chi connectivity index (χ0v) is 8.24. The molecule has 0 bridgehead atoms. The van der Waals surface area contributed by atoms with Gasteiger partial charge in [0.15, 0.2) is 0 Å². The first kappa shape index (κ1) is 9.51. The molecule has 3 N–H and O–H groups in total. The largest absolute Gasteiger partial charge is 0.478 e. The van der Waals surface area contributed by atoms with Crippen molar-refractivity contribution in [3.05, 3.63) is 23.8 Å². The van der Waals surface area contributed by atoms with Gasteiger partial charge in [-0.1, -0.05) is 0 Å². The number of hydrogen-bond donors (Lipinski definition) is 3. The molecule has 0 unspecified atom stereocenters. The molecular formula is C10H11N3O2. The predicted octanol–water partition coefficient (Wildman–Crippen LogP) is 1.69. The van der Waals surface area contributed by atoms with Gasteiger partial charge in [0.2, 0.25) is 5.95 Å². The van der Waals surface area contributed by atoms with E-state index in [1.54, 1.807) is 18.2 Å². The monoisotopic (exact) mass is 205 g/mol. The molecule has 15 heavy (non-hydrogen) atoms. The normalized spacial score (nSPS) is 10.5. The summed E-state index contributed by atoms with van der Waals surface area (Å²) in [6.07, 6.45) is 0. The first-order valence-electron chi connectivity index (χ1n) is 4.67. The van der Waals surface area contributed by atoms with Crippen molar-refractivity contribution >= 4 is 23.0 Å². The highest BCUT2D eigenvalue weighted by Crippen LogP contribution is 2.15. The van der Waals surface area contributed by atoms with Crippen LogP contribution in [0.4, 0.5) is 5.95 Å². The SMILES string of the molecule is CCNc1nc2ccc(C(=O)O)cc2[nH]1. The third-order valence-corrected chi connectivity index (χ3v) is 2.07. The van der Waals surface area contributed by atoms with Crippen LogP contribution in [0.25, 0.3) is 11.0 Å². The summed E-state index contributed by atoms with van der Waals surface area (Å²) in [7, 11) is 0. The first-order valence-corrected chi connectivity index (χ1v) is 4.67. The second kappa shape index (κ2) is 3.61. The molecule has 0 saturated heterocycles. The summed E-state index contributed by atoms with van der Waals surface area (Å²) in [5.74, 6) is -0.272. The highest BCUT2D eigenvalue weighted by Gasteiger charge is 2.06. The second-order valence-corrected chi connectivity index (χ2v) is 3.15. The molecule has 0 aliphatic rings. The first-order chi connectivity index (χ1) is 7.20. The fourth-order valence-electron chi connectivity index (χ4n) is 1.39. The van der Waals surface area contributed by atoms with Gasteiger partial charge in [-0.25, -0.2) is 9.78 Å². The molecule has 1 heterocycles. The van der Waals surface area contributed by atoms with Crippen molar-refractivity contribution in [3.63, 3.8) is 0 Å². The molecule has 0 fully saturated rings. The molecule has 0 aliphatic heterocycles. The number of carboxylic acid groups (broad SMARTS) is 1. The molecule has 1 aromatic heterocycles. The lowest BCUT2D eigenvalue weighted by molar-refractivity contribution is 0.0697. The third-order valence-electron chi connectivity index (χ3n) is 2.07. The van der Waals surface area contributed by atoms with Crippen LogP contribution in [0.1, 0.15) is 17.3 Å². The summed E-state index contributed by atoms with van der Waals surface area (Å²) < 4.78 is 0. The fourth-order valence-corrected chi connectivity index (χ4v) is 1.39. The molecule has 1 aromatic carbocycles. The molecule has 2 aromatic rings. The summed E-state index contributed by atoms with van der Waals surface area (Å²) in [6.45, 7) is 2.74. The van der Waals surface area contributed by atoms with Gasteiger partial charge in [0.1, 0.15) is 0 Å². The standard InChI is InChI=1S/C10H11N3O2/c1-2-11-10-12-7-4-3-6(9(14)15)5-8(7)13-10/h3-5H,2H2,1H3,(H,14,15)(H2,11,12,13). The van der Waals surface area contributed by atoms with Gasteiger partial charge in [-0.15, -0.1) is 0 Å². The van der Waals surface area contributed by atoms with Crippen LogP contribution < -0.4 is 5.32 Å². The Kier molecular flexibility index (Phi) is 2.29. The summed E-state index contributed by atoms with van der Waals surface area (Å²) >= 11 is 0. The number of H-pyrrole nitrogens is 1. The van der Waals surface area contributed by atoms with Gasteiger partial charge in [-0.3, -0.25) is 0 Å².